The second-order valence-corrected chi connectivity index (χ2v) is 11.9. The number of benzene rings is 2. The van der Waals surface area contributed by atoms with Crippen molar-refractivity contribution in [3.8, 4) is 0 Å². The van der Waals surface area contributed by atoms with Gasteiger partial charge >= 0.3 is 12.1 Å². The molecular formula is C30H38N2O4. The molecule has 2 atom stereocenters. The molecule has 0 aromatic heterocycles. The lowest BCUT2D eigenvalue weighted by Crippen LogP contribution is -2.45. The molecule has 1 aliphatic heterocycles. The van der Waals surface area contributed by atoms with E-state index in [0.717, 1.165) is 51.9 Å². The maximum absolute atomic E-state index is 13.3. The van der Waals surface area contributed by atoms with Crippen LogP contribution in [0.25, 0.3) is 0 Å². The molecule has 0 bridgehead atoms. The minimum atomic E-state index is -0.511. The number of fused-ring (bicyclic) bond motifs is 1. The first kappa shape index (κ1) is 24.8. The van der Waals surface area contributed by atoms with Gasteiger partial charge in [0.25, 0.3) is 0 Å². The fraction of sp³-hybridized carbons (Fsp3) is 0.533. The Morgan fingerprint density at radius 2 is 1.83 bits per heavy atom. The molecule has 36 heavy (non-hydrogen) atoms. The Morgan fingerprint density at radius 3 is 2.50 bits per heavy atom. The Hall–Kier alpha value is -2.86. The lowest BCUT2D eigenvalue weighted by atomic mass is 9.95. The van der Waals surface area contributed by atoms with Crippen LogP contribution in [0.4, 0.5) is 4.79 Å². The number of carbonyl (C=O) groups excluding carboxylic acids is 2. The van der Waals surface area contributed by atoms with Gasteiger partial charge in [-0.25, -0.2) is 9.59 Å². The van der Waals surface area contributed by atoms with Crippen LogP contribution in [0.3, 0.4) is 0 Å². The summed E-state index contributed by atoms with van der Waals surface area (Å²) in [5.74, 6) is 0.105. The third kappa shape index (κ3) is 5.59. The van der Waals surface area contributed by atoms with Crippen LogP contribution < -0.4 is 0 Å². The van der Waals surface area contributed by atoms with Crippen LogP contribution in [0, 0.1) is 5.41 Å². The summed E-state index contributed by atoms with van der Waals surface area (Å²) < 4.78 is 10.7. The second-order valence-electron chi connectivity index (χ2n) is 11.9. The van der Waals surface area contributed by atoms with Crippen LogP contribution in [-0.2, 0) is 22.4 Å². The van der Waals surface area contributed by atoms with Crippen LogP contribution >= 0.6 is 0 Å². The van der Waals surface area contributed by atoms with Crippen molar-refractivity contribution in [3.05, 3.63) is 70.8 Å². The SMILES string of the molecule is COC(=O)c1ccc2c(c1)CCN(CC1(CN(C(=O)OC(C)(C)C)[C@H]3CC3c3ccccc3)CC1)C2. The first-order valence-electron chi connectivity index (χ1n) is 13.1. The number of carbonyl (C=O) groups is 2. The monoisotopic (exact) mass is 490 g/mol. The minimum Gasteiger partial charge on any atom is -0.465 e. The van der Waals surface area contributed by atoms with Crippen LogP contribution in [0.1, 0.15) is 73.0 Å². The van der Waals surface area contributed by atoms with Gasteiger partial charge in [0.15, 0.2) is 0 Å². The lowest BCUT2D eigenvalue weighted by Gasteiger charge is -2.35. The lowest BCUT2D eigenvalue weighted by molar-refractivity contribution is 0.0168. The molecule has 6 heteroatoms. The molecule has 1 unspecified atom stereocenters. The predicted octanol–water partition coefficient (Wildman–Crippen LogP) is 5.40. The average molecular weight is 491 g/mol. The summed E-state index contributed by atoms with van der Waals surface area (Å²) in [7, 11) is 1.42. The maximum Gasteiger partial charge on any atom is 0.410 e. The number of esters is 1. The van der Waals surface area contributed by atoms with Gasteiger partial charge in [-0.15, -0.1) is 0 Å². The molecular weight excluding hydrogens is 452 g/mol. The van der Waals surface area contributed by atoms with Gasteiger partial charge in [0.1, 0.15) is 5.60 Å². The zero-order valence-corrected chi connectivity index (χ0v) is 22.0. The molecule has 2 fully saturated rings. The van der Waals surface area contributed by atoms with E-state index in [9.17, 15) is 9.59 Å². The Labute approximate surface area is 214 Å². The van der Waals surface area contributed by atoms with E-state index >= 15 is 0 Å². The van der Waals surface area contributed by atoms with Crippen LogP contribution in [-0.4, -0.2) is 60.2 Å². The van der Waals surface area contributed by atoms with E-state index in [4.69, 9.17) is 9.47 Å². The molecule has 5 rings (SSSR count). The summed E-state index contributed by atoms with van der Waals surface area (Å²) in [6, 6.07) is 16.6. The summed E-state index contributed by atoms with van der Waals surface area (Å²) >= 11 is 0. The third-order valence-electron chi connectivity index (χ3n) is 7.75. The number of amides is 1. The highest BCUT2D eigenvalue weighted by Crippen LogP contribution is 2.52. The van der Waals surface area contributed by atoms with Crippen LogP contribution in [0.5, 0.6) is 0 Å². The topological polar surface area (TPSA) is 59.1 Å². The molecule has 0 N–H and O–H groups in total. The Kier molecular flexibility index (Phi) is 6.58. The van der Waals surface area contributed by atoms with E-state index in [2.05, 4.69) is 35.2 Å². The van der Waals surface area contributed by atoms with Crippen LogP contribution in [0.15, 0.2) is 48.5 Å². The van der Waals surface area contributed by atoms with Gasteiger partial charge in [-0.05, 0) is 75.3 Å². The Morgan fingerprint density at radius 1 is 1.08 bits per heavy atom. The molecule has 0 radical (unpaired) electrons. The number of rotatable bonds is 7. The smallest absolute Gasteiger partial charge is 0.410 e. The standard InChI is InChI=1S/C30H38N2O4/c1-29(2,3)36-28(34)32(26-17-25(26)21-8-6-5-7-9-21)20-30(13-14-30)19-31-15-12-22-16-23(27(33)35-4)10-11-24(22)18-31/h5-11,16,25-26H,12-15,17-20H2,1-4H3/t25?,26-/m0/s1. The molecule has 1 amide bonds. The fourth-order valence-corrected chi connectivity index (χ4v) is 5.59. The third-order valence-corrected chi connectivity index (χ3v) is 7.75. The second kappa shape index (κ2) is 9.55. The number of hydrogen-bond donors (Lipinski definition) is 0. The zero-order valence-electron chi connectivity index (χ0n) is 22.0. The summed E-state index contributed by atoms with van der Waals surface area (Å²) in [5, 5.41) is 0. The number of nitrogens with zero attached hydrogens (tertiary/aromatic N) is 2. The van der Waals surface area contributed by atoms with Crippen molar-refractivity contribution in [2.45, 2.75) is 70.6 Å². The number of hydrogen-bond acceptors (Lipinski definition) is 5. The molecule has 3 aliphatic rings. The van der Waals surface area contributed by atoms with Gasteiger partial charge in [-0.2, -0.15) is 0 Å². The first-order chi connectivity index (χ1) is 17.2. The average Bonchev–Trinajstić information content (AvgIpc) is 3.78. The summed E-state index contributed by atoms with van der Waals surface area (Å²) in [5.41, 5.74) is 4.05. The van der Waals surface area contributed by atoms with Gasteiger partial charge < -0.3 is 14.4 Å². The van der Waals surface area contributed by atoms with Crippen molar-refractivity contribution < 1.29 is 19.1 Å². The highest BCUT2D eigenvalue weighted by Gasteiger charge is 2.52. The Bertz CT molecular complexity index is 1120. The first-order valence-corrected chi connectivity index (χ1v) is 13.1. The van der Waals surface area contributed by atoms with E-state index in [-0.39, 0.29) is 23.5 Å². The summed E-state index contributed by atoms with van der Waals surface area (Å²) in [6.07, 6.45) is 4.01. The van der Waals surface area contributed by atoms with Crippen molar-refractivity contribution in [1.29, 1.82) is 0 Å². The van der Waals surface area contributed by atoms with Gasteiger partial charge in [0.2, 0.25) is 0 Å². The van der Waals surface area contributed by atoms with Gasteiger partial charge in [0.05, 0.1) is 12.7 Å². The highest BCUT2D eigenvalue weighted by atomic mass is 16.6. The molecule has 192 valence electrons. The molecule has 2 aromatic rings. The highest BCUT2D eigenvalue weighted by molar-refractivity contribution is 5.89. The summed E-state index contributed by atoms with van der Waals surface area (Å²) in [4.78, 5) is 29.8. The van der Waals surface area contributed by atoms with E-state index in [0.29, 0.717) is 11.5 Å². The van der Waals surface area contributed by atoms with Crippen molar-refractivity contribution in [1.82, 2.24) is 9.80 Å². The van der Waals surface area contributed by atoms with E-state index in [1.165, 1.54) is 23.8 Å². The molecule has 0 spiro atoms. The van der Waals surface area contributed by atoms with Crippen molar-refractivity contribution in [3.63, 3.8) is 0 Å². The minimum absolute atomic E-state index is 0.129. The predicted molar refractivity (Wildman–Crippen MR) is 139 cm³/mol. The van der Waals surface area contributed by atoms with Crippen molar-refractivity contribution >= 4 is 12.1 Å². The van der Waals surface area contributed by atoms with Crippen molar-refractivity contribution in [2.75, 3.05) is 26.7 Å². The van der Waals surface area contributed by atoms with Gasteiger partial charge in [-0.1, -0.05) is 36.4 Å². The molecule has 0 saturated heterocycles. The van der Waals surface area contributed by atoms with E-state index in [1.807, 2.05) is 43.9 Å². The molecule has 1 heterocycles. The molecule has 6 nitrogen and oxygen atoms in total. The summed E-state index contributed by atoms with van der Waals surface area (Å²) in [6.45, 7) is 9.38. The largest absolute Gasteiger partial charge is 0.465 e. The maximum atomic E-state index is 13.3. The van der Waals surface area contributed by atoms with Crippen LogP contribution in [0.2, 0.25) is 0 Å². The fourth-order valence-electron chi connectivity index (χ4n) is 5.59. The van der Waals surface area contributed by atoms with Crippen molar-refractivity contribution in [2.24, 2.45) is 5.41 Å². The van der Waals surface area contributed by atoms with Gasteiger partial charge in [-0.3, -0.25) is 4.90 Å². The normalized spacial score (nSPS) is 22.3. The molecule has 2 saturated carbocycles. The zero-order chi connectivity index (χ0) is 25.5. The van der Waals surface area contributed by atoms with Gasteiger partial charge in [0, 0.05) is 43.6 Å². The molecule has 2 aromatic carbocycles. The Balaban J connectivity index is 1.27. The molecule has 2 aliphatic carbocycles. The van der Waals surface area contributed by atoms with E-state index in [1.54, 1.807) is 0 Å². The number of methoxy groups -OCH3 is 1. The van der Waals surface area contributed by atoms with E-state index < -0.39 is 5.60 Å². The number of ether oxygens (including phenoxy) is 2. The quantitative estimate of drug-likeness (QED) is 0.486.